The Kier molecular flexibility index (Phi) is 1.08. The van der Waals surface area contributed by atoms with E-state index in [1.807, 2.05) is 0 Å². The van der Waals surface area contributed by atoms with Gasteiger partial charge in [-0.05, 0) is 4.92 Å². The van der Waals surface area contributed by atoms with Gasteiger partial charge in [0.05, 0.1) is 11.1 Å². The van der Waals surface area contributed by atoms with E-state index in [-0.39, 0.29) is 5.69 Å². The lowest BCUT2D eigenvalue weighted by atomic mass is 10.5. The Morgan fingerprint density at radius 1 is 2.09 bits per heavy atom. The molecule has 0 spiro atoms. The number of aliphatic hydroxyl groups is 1. The summed E-state index contributed by atoms with van der Waals surface area (Å²) >= 11 is 0. The van der Waals surface area contributed by atoms with Gasteiger partial charge in [-0.1, -0.05) is 4.98 Å². The number of hydrogen-bond donors (Lipinski definition) is 1. The highest BCUT2D eigenvalue weighted by Gasteiger charge is 2.15. The molecule has 0 aliphatic heterocycles. The molecule has 0 fully saturated rings. The third kappa shape index (κ3) is 1.20. The Morgan fingerprint density at radius 3 is 3.27 bits per heavy atom. The second-order valence-electron chi connectivity index (χ2n) is 1.80. The molecule has 0 aliphatic rings. The van der Waals surface area contributed by atoms with Gasteiger partial charge < -0.3 is 15.2 Å². The molecule has 6 heteroatoms. The van der Waals surface area contributed by atoms with Crippen LogP contribution >= 0.6 is 0 Å². The molecule has 0 saturated carbocycles. The van der Waals surface area contributed by atoms with Crippen molar-refractivity contribution in [1.82, 2.24) is 9.55 Å². The smallest absolute Gasteiger partial charge is 0.390 e. The van der Waals surface area contributed by atoms with Crippen molar-refractivity contribution in [2.75, 3.05) is 0 Å². The van der Waals surface area contributed by atoms with Crippen molar-refractivity contribution in [3.8, 4) is 0 Å². The van der Waals surface area contributed by atoms with Crippen LogP contribution in [0.2, 0.25) is 0 Å². The number of nitro groups is 1. The van der Waals surface area contributed by atoms with Gasteiger partial charge in [-0.25, -0.2) is 4.57 Å². The van der Waals surface area contributed by atoms with Gasteiger partial charge in [0.1, 0.15) is 18.5 Å². The Morgan fingerprint density at radius 2 is 2.82 bits per heavy atom. The van der Waals surface area contributed by atoms with E-state index in [1.165, 1.54) is 0 Å². The van der Waals surface area contributed by atoms with Gasteiger partial charge in [0, 0.05) is 0 Å². The SMILES string of the molecule is [2H]C([2H])([2H])n1c(CO)cnc1[N+](=O)[O-]. The van der Waals surface area contributed by atoms with E-state index in [2.05, 4.69) is 4.98 Å². The first-order valence-corrected chi connectivity index (χ1v) is 2.70. The molecular formula is C5H7N3O3. The molecule has 1 aromatic heterocycles. The van der Waals surface area contributed by atoms with Crippen LogP contribution < -0.4 is 0 Å². The fourth-order valence-electron chi connectivity index (χ4n) is 0.616. The van der Waals surface area contributed by atoms with Crippen LogP contribution in [0.15, 0.2) is 6.20 Å². The summed E-state index contributed by atoms with van der Waals surface area (Å²) in [5, 5.41) is 19.1. The fourth-order valence-corrected chi connectivity index (χ4v) is 0.616. The zero-order chi connectivity index (χ0) is 10.9. The highest BCUT2D eigenvalue weighted by atomic mass is 16.6. The van der Waals surface area contributed by atoms with E-state index >= 15 is 0 Å². The summed E-state index contributed by atoms with van der Waals surface area (Å²) in [6, 6.07) is 0. The summed E-state index contributed by atoms with van der Waals surface area (Å²) in [5.74, 6) is -0.797. The zero-order valence-corrected chi connectivity index (χ0v) is 5.39. The first-order chi connectivity index (χ1) is 6.38. The molecule has 0 aliphatic carbocycles. The summed E-state index contributed by atoms with van der Waals surface area (Å²) in [6.07, 6.45) is 0.963. The minimum Gasteiger partial charge on any atom is -0.390 e. The van der Waals surface area contributed by atoms with Crippen LogP contribution in [0, 0.1) is 10.1 Å². The Labute approximate surface area is 66.5 Å². The minimum atomic E-state index is -2.71. The van der Waals surface area contributed by atoms with Gasteiger partial charge in [0.25, 0.3) is 0 Å². The summed E-state index contributed by atoms with van der Waals surface area (Å²) in [4.78, 5) is 12.8. The third-order valence-corrected chi connectivity index (χ3v) is 1.14. The van der Waals surface area contributed by atoms with Crippen LogP contribution in [0.5, 0.6) is 0 Å². The molecule has 0 radical (unpaired) electrons. The average molecular weight is 160 g/mol. The maximum absolute atomic E-state index is 10.4. The molecule has 0 aromatic carbocycles. The number of aliphatic hydroxyl groups excluding tert-OH is 1. The van der Waals surface area contributed by atoms with E-state index in [0.29, 0.717) is 4.57 Å². The molecule has 1 aromatic rings. The molecular weight excluding hydrogens is 150 g/mol. The van der Waals surface area contributed by atoms with Crippen molar-refractivity contribution >= 4 is 5.95 Å². The molecule has 11 heavy (non-hydrogen) atoms. The summed E-state index contributed by atoms with van der Waals surface area (Å²) in [5.41, 5.74) is -0.114. The second kappa shape index (κ2) is 2.67. The van der Waals surface area contributed by atoms with Crippen LogP contribution in [0.3, 0.4) is 0 Å². The van der Waals surface area contributed by atoms with Crippen molar-refractivity contribution < 1.29 is 14.1 Å². The first kappa shape index (κ1) is 4.45. The van der Waals surface area contributed by atoms with Crippen molar-refractivity contribution in [2.24, 2.45) is 6.98 Å². The molecule has 0 atom stereocenters. The maximum Gasteiger partial charge on any atom is 0.434 e. The van der Waals surface area contributed by atoms with Gasteiger partial charge >= 0.3 is 5.95 Å². The van der Waals surface area contributed by atoms with Crippen LogP contribution in [-0.2, 0) is 13.6 Å². The quantitative estimate of drug-likeness (QED) is 0.480. The minimum absolute atomic E-state index is 0.114. The van der Waals surface area contributed by atoms with E-state index in [9.17, 15) is 10.1 Å². The zero-order valence-electron chi connectivity index (χ0n) is 8.39. The molecule has 1 heterocycles. The van der Waals surface area contributed by atoms with Gasteiger partial charge in [0.2, 0.25) is 0 Å². The fraction of sp³-hybridized carbons (Fsp3) is 0.400. The summed E-state index contributed by atoms with van der Waals surface area (Å²) in [7, 11) is 0. The van der Waals surface area contributed by atoms with Crippen molar-refractivity contribution in [2.45, 2.75) is 6.61 Å². The molecule has 60 valence electrons. The van der Waals surface area contributed by atoms with Crippen LogP contribution in [0.1, 0.15) is 9.81 Å². The lowest BCUT2D eigenvalue weighted by Crippen LogP contribution is -2.01. The van der Waals surface area contributed by atoms with E-state index < -0.39 is 24.5 Å². The monoisotopic (exact) mass is 160 g/mol. The number of nitrogens with zero attached hydrogens (tertiary/aromatic N) is 3. The lowest BCUT2D eigenvalue weighted by molar-refractivity contribution is -0.396. The average Bonchev–Trinajstić information content (AvgIpc) is 2.45. The van der Waals surface area contributed by atoms with Crippen molar-refractivity contribution in [3.05, 3.63) is 22.0 Å². The predicted octanol–water partition coefficient (Wildman–Crippen LogP) is -0.179. The Hall–Kier alpha value is -1.43. The van der Waals surface area contributed by atoms with E-state index in [0.717, 1.165) is 6.20 Å². The number of aromatic nitrogens is 2. The predicted molar refractivity (Wildman–Crippen MR) is 35.8 cm³/mol. The largest absolute Gasteiger partial charge is 0.434 e. The Bertz CT molecular complexity index is 359. The lowest BCUT2D eigenvalue weighted by Gasteiger charge is -1.94. The van der Waals surface area contributed by atoms with Gasteiger partial charge in [0.15, 0.2) is 0 Å². The first-order valence-electron chi connectivity index (χ1n) is 4.20. The molecule has 6 nitrogen and oxygen atoms in total. The van der Waals surface area contributed by atoms with Gasteiger partial charge in [-0.15, -0.1) is 0 Å². The molecule has 1 rings (SSSR count). The van der Waals surface area contributed by atoms with Gasteiger partial charge in [-0.2, -0.15) is 0 Å². The van der Waals surface area contributed by atoms with Crippen LogP contribution in [-0.4, -0.2) is 19.6 Å². The van der Waals surface area contributed by atoms with Crippen LogP contribution in [0.4, 0.5) is 5.95 Å². The molecule has 0 saturated heterocycles. The highest BCUT2D eigenvalue weighted by Crippen LogP contribution is 2.09. The summed E-state index contributed by atoms with van der Waals surface area (Å²) in [6.45, 7) is -3.32. The van der Waals surface area contributed by atoms with Crippen molar-refractivity contribution in [3.63, 3.8) is 0 Å². The van der Waals surface area contributed by atoms with Crippen LogP contribution in [0.25, 0.3) is 0 Å². The molecule has 0 bridgehead atoms. The standard InChI is InChI=1S/C5H7N3O3/c1-7-4(3-9)2-6-5(7)8(10)11/h2,9H,3H2,1H3/i1D3. The third-order valence-electron chi connectivity index (χ3n) is 1.14. The maximum atomic E-state index is 10.4. The topological polar surface area (TPSA) is 81.2 Å². The highest BCUT2D eigenvalue weighted by molar-refractivity contribution is 5.13. The summed E-state index contributed by atoms with van der Waals surface area (Å²) < 4.78 is 21.4. The number of hydrogen-bond acceptors (Lipinski definition) is 4. The molecule has 1 N–H and O–H groups in total. The van der Waals surface area contributed by atoms with E-state index in [4.69, 9.17) is 9.22 Å². The Balaban J connectivity index is 3.34. The number of rotatable bonds is 2. The second-order valence-corrected chi connectivity index (χ2v) is 1.80. The molecule has 0 amide bonds. The normalized spacial score (nSPS) is 15.2. The van der Waals surface area contributed by atoms with E-state index in [1.54, 1.807) is 0 Å². The van der Waals surface area contributed by atoms with Crippen molar-refractivity contribution in [1.29, 1.82) is 0 Å². The molecule has 0 unspecified atom stereocenters. The number of imidazole rings is 1. The van der Waals surface area contributed by atoms with Gasteiger partial charge in [-0.3, -0.25) is 0 Å².